The van der Waals surface area contributed by atoms with Gasteiger partial charge in [0.05, 0.1) is 0 Å². The topological polar surface area (TPSA) is 86.5 Å². The summed E-state index contributed by atoms with van der Waals surface area (Å²) in [6, 6.07) is 4.02. The molecule has 6 nitrogen and oxygen atoms in total. The van der Waals surface area contributed by atoms with Crippen LogP contribution in [0.5, 0.6) is 5.75 Å². The Hall–Kier alpha value is -1.11. The number of aryl methyl sites for hydroxylation is 1. The Bertz CT molecular complexity index is 648. The number of hydrogen-bond acceptors (Lipinski definition) is 5. The normalized spacial score (nSPS) is 12.2. The average Bonchev–Trinajstić information content (AvgIpc) is 2.35. The minimum atomic E-state index is -5.74. The lowest BCUT2D eigenvalue weighted by Gasteiger charge is -2.13. The zero-order valence-electron chi connectivity index (χ0n) is 11.0. The van der Waals surface area contributed by atoms with E-state index in [1.807, 2.05) is 22.6 Å². The molecule has 11 heteroatoms. The average molecular weight is 453 g/mol. The molecule has 0 aliphatic carbocycles. The van der Waals surface area contributed by atoms with Gasteiger partial charge in [-0.25, -0.2) is 0 Å². The van der Waals surface area contributed by atoms with Crippen molar-refractivity contribution in [2.75, 3.05) is 6.54 Å². The summed E-state index contributed by atoms with van der Waals surface area (Å²) in [5.74, 6) is -0.418. The van der Waals surface area contributed by atoms with Gasteiger partial charge in [-0.3, -0.25) is 10.1 Å². The molecule has 124 valence electrons. The maximum atomic E-state index is 12.3. The fourth-order valence-electron chi connectivity index (χ4n) is 1.55. The summed E-state index contributed by atoms with van der Waals surface area (Å²) in [7, 11) is -5.74. The molecule has 0 aliphatic heterocycles. The molecule has 0 aliphatic rings. The standard InChI is InChI=1S/C11H11F3INO5S/c12-11(13,14)22(19,20)21-10-5-4-9(15)7-8(10)3-1-2-6-16(17)18/h4-5,7H,1-3,6H2. The largest absolute Gasteiger partial charge is 0.534 e. The van der Waals surface area contributed by atoms with E-state index in [0.717, 1.165) is 6.07 Å². The minimum absolute atomic E-state index is 0.174. The van der Waals surface area contributed by atoms with Crippen LogP contribution in [0.2, 0.25) is 0 Å². The number of benzene rings is 1. The fourth-order valence-corrected chi connectivity index (χ4v) is 2.60. The lowest BCUT2D eigenvalue weighted by Crippen LogP contribution is -2.28. The van der Waals surface area contributed by atoms with Gasteiger partial charge in [-0.15, -0.1) is 0 Å². The zero-order chi connectivity index (χ0) is 17.0. The van der Waals surface area contributed by atoms with E-state index < -0.39 is 26.3 Å². The molecule has 1 aromatic carbocycles. The van der Waals surface area contributed by atoms with E-state index in [2.05, 4.69) is 4.18 Å². The van der Waals surface area contributed by atoms with Crippen LogP contribution >= 0.6 is 22.6 Å². The fraction of sp³-hybridized carbons (Fsp3) is 0.455. The van der Waals surface area contributed by atoms with Crippen LogP contribution in [-0.4, -0.2) is 25.4 Å². The van der Waals surface area contributed by atoms with E-state index in [4.69, 9.17) is 0 Å². The molecule has 0 radical (unpaired) electrons. The third-order valence-electron chi connectivity index (χ3n) is 2.54. The summed E-state index contributed by atoms with van der Waals surface area (Å²) < 4.78 is 63.9. The molecule has 0 saturated carbocycles. The van der Waals surface area contributed by atoms with E-state index in [0.29, 0.717) is 9.99 Å². The molecule has 0 bridgehead atoms. The predicted octanol–water partition coefficient (Wildman–Crippen LogP) is 3.12. The molecule has 1 rings (SSSR count). The van der Waals surface area contributed by atoms with Crippen molar-refractivity contribution in [3.63, 3.8) is 0 Å². The summed E-state index contributed by atoms with van der Waals surface area (Å²) in [4.78, 5) is 9.71. The second-order valence-corrected chi connectivity index (χ2v) is 7.03. The molecular formula is C11H11F3INO5S. The highest BCUT2D eigenvalue weighted by molar-refractivity contribution is 14.1. The molecule has 0 aromatic heterocycles. The monoisotopic (exact) mass is 453 g/mol. The molecule has 0 saturated heterocycles. The van der Waals surface area contributed by atoms with Gasteiger partial charge in [0.15, 0.2) is 0 Å². The van der Waals surface area contributed by atoms with Crippen LogP contribution < -0.4 is 4.18 Å². The number of rotatable bonds is 7. The van der Waals surface area contributed by atoms with Crippen molar-refractivity contribution in [2.24, 2.45) is 0 Å². The summed E-state index contributed by atoms with van der Waals surface area (Å²) in [6.45, 7) is -0.263. The summed E-state index contributed by atoms with van der Waals surface area (Å²) in [5.41, 5.74) is -5.26. The molecular weight excluding hydrogens is 442 g/mol. The molecule has 22 heavy (non-hydrogen) atoms. The number of halogens is 4. The first kappa shape index (κ1) is 18.9. The Morgan fingerprint density at radius 2 is 1.91 bits per heavy atom. The van der Waals surface area contributed by atoms with Crippen LogP contribution in [0.3, 0.4) is 0 Å². The smallest absolute Gasteiger partial charge is 0.376 e. The van der Waals surface area contributed by atoms with Gasteiger partial charge in [-0.1, -0.05) is 0 Å². The zero-order valence-corrected chi connectivity index (χ0v) is 13.9. The van der Waals surface area contributed by atoms with Gasteiger partial charge in [0.1, 0.15) is 5.75 Å². The highest BCUT2D eigenvalue weighted by Crippen LogP contribution is 2.30. The van der Waals surface area contributed by atoms with Crippen molar-refractivity contribution in [1.82, 2.24) is 0 Å². The van der Waals surface area contributed by atoms with Crippen molar-refractivity contribution in [3.8, 4) is 5.75 Å². The van der Waals surface area contributed by atoms with Crippen molar-refractivity contribution < 1.29 is 30.7 Å². The summed E-state index contributed by atoms with van der Waals surface area (Å²) >= 11 is 1.91. The molecule has 0 spiro atoms. The predicted molar refractivity (Wildman–Crippen MR) is 79.6 cm³/mol. The number of nitro groups is 1. The highest BCUT2D eigenvalue weighted by Gasteiger charge is 2.48. The van der Waals surface area contributed by atoms with Gasteiger partial charge in [-0.05, 0) is 59.2 Å². The summed E-state index contributed by atoms with van der Waals surface area (Å²) in [5, 5.41) is 10.2. The van der Waals surface area contributed by atoms with Gasteiger partial charge in [0, 0.05) is 14.9 Å². The quantitative estimate of drug-likeness (QED) is 0.158. The summed E-state index contributed by atoms with van der Waals surface area (Å²) in [6.07, 6.45) is 0.723. The molecule has 1 aromatic rings. The van der Waals surface area contributed by atoms with Crippen LogP contribution in [0.4, 0.5) is 13.2 Å². The molecule has 0 fully saturated rings. The van der Waals surface area contributed by atoms with Gasteiger partial charge in [0.2, 0.25) is 6.54 Å². The van der Waals surface area contributed by atoms with Crippen LogP contribution in [0.1, 0.15) is 18.4 Å². The van der Waals surface area contributed by atoms with E-state index in [1.165, 1.54) is 12.1 Å². The van der Waals surface area contributed by atoms with E-state index in [1.54, 1.807) is 0 Å². The van der Waals surface area contributed by atoms with Gasteiger partial charge >= 0.3 is 15.6 Å². The van der Waals surface area contributed by atoms with Gasteiger partial charge < -0.3 is 4.18 Å². The Morgan fingerprint density at radius 1 is 1.27 bits per heavy atom. The second kappa shape index (κ2) is 7.44. The van der Waals surface area contributed by atoms with E-state index in [9.17, 15) is 31.7 Å². The SMILES string of the molecule is O=[N+]([O-])CCCCc1cc(I)ccc1OS(=O)(=O)C(F)(F)F. The second-order valence-electron chi connectivity index (χ2n) is 4.25. The van der Waals surface area contributed by atoms with Crippen LogP contribution in [-0.2, 0) is 16.5 Å². The molecule has 0 unspecified atom stereocenters. The molecule has 0 N–H and O–H groups in total. The van der Waals surface area contributed by atoms with Gasteiger partial charge in [-0.2, -0.15) is 21.6 Å². The Labute approximate surface area is 138 Å². The Kier molecular flexibility index (Phi) is 6.40. The number of hydrogen-bond donors (Lipinski definition) is 0. The highest BCUT2D eigenvalue weighted by atomic mass is 127. The van der Waals surface area contributed by atoms with E-state index >= 15 is 0 Å². The van der Waals surface area contributed by atoms with Crippen LogP contribution in [0, 0.1) is 13.7 Å². The van der Waals surface area contributed by atoms with Gasteiger partial charge in [0.25, 0.3) is 0 Å². The van der Waals surface area contributed by atoms with Crippen LogP contribution in [0.25, 0.3) is 0 Å². The first-order valence-corrected chi connectivity index (χ1v) is 8.42. The lowest BCUT2D eigenvalue weighted by atomic mass is 10.1. The lowest BCUT2D eigenvalue weighted by molar-refractivity contribution is -0.480. The maximum Gasteiger partial charge on any atom is 0.534 e. The van der Waals surface area contributed by atoms with Crippen LogP contribution in [0.15, 0.2) is 18.2 Å². The molecule has 0 amide bonds. The maximum absolute atomic E-state index is 12.3. The third-order valence-corrected chi connectivity index (χ3v) is 4.18. The van der Waals surface area contributed by atoms with Crippen molar-refractivity contribution in [1.29, 1.82) is 0 Å². The molecule has 0 atom stereocenters. The number of alkyl halides is 3. The Morgan fingerprint density at radius 3 is 2.45 bits per heavy atom. The van der Waals surface area contributed by atoms with E-state index in [-0.39, 0.29) is 24.9 Å². The molecule has 0 heterocycles. The van der Waals surface area contributed by atoms with Crippen molar-refractivity contribution in [3.05, 3.63) is 37.4 Å². The Balaban J connectivity index is 2.89. The first-order chi connectivity index (χ1) is 10.0. The third kappa shape index (κ3) is 5.59. The first-order valence-electron chi connectivity index (χ1n) is 5.94. The van der Waals surface area contributed by atoms with Crippen molar-refractivity contribution >= 4 is 32.7 Å². The minimum Gasteiger partial charge on any atom is -0.376 e. The number of nitrogens with zero attached hydrogens (tertiary/aromatic N) is 1. The van der Waals surface area contributed by atoms with Crippen molar-refractivity contribution in [2.45, 2.75) is 24.8 Å². The number of unbranched alkanes of at least 4 members (excludes halogenated alkanes) is 1.